The lowest BCUT2D eigenvalue weighted by molar-refractivity contribution is 0.0708. The molecule has 1 aromatic heterocycles. The van der Waals surface area contributed by atoms with Crippen molar-refractivity contribution >= 4 is 17.3 Å². The highest BCUT2D eigenvalue weighted by molar-refractivity contribution is 6.33. The molecule has 7 heteroatoms. The second kappa shape index (κ2) is 5.38. The van der Waals surface area contributed by atoms with Gasteiger partial charge in [-0.25, -0.2) is 4.68 Å². The second-order valence-electron chi connectivity index (χ2n) is 4.92. The van der Waals surface area contributed by atoms with E-state index < -0.39 is 0 Å². The van der Waals surface area contributed by atoms with Gasteiger partial charge >= 0.3 is 0 Å². The maximum Gasteiger partial charge on any atom is 0.185 e. The van der Waals surface area contributed by atoms with Crippen LogP contribution in [0.5, 0.6) is 0 Å². The van der Waals surface area contributed by atoms with Crippen molar-refractivity contribution in [3.8, 4) is 11.4 Å². The highest BCUT2D eigenvalue weighted by Crippen LogP contribution is 2.37. The second-order valence-corrected chi connectivity index (χ2v) is 5.33. The summed E-state index contributed by atoms with van der Waals surface area (Å²) in [7, 11) is 1.72. The van der Waals surface area contributed by atoms with E-state index in [0.29, 0.717) is 22.1 Å². The Bertz CT molecular complexity index is 594. The van der Waals surface area contributed by atoms with E-state index in [1.807, 2.05) is 6.07 Å². The Morgan fingerprint density at radius 1 is 1.40 bits per heavy atom. The maximum atomic E-state index is 6.25. The van der Waals surface area contributed by atoms with Crippen molar-refractivity contribution in [2.75, 3.05) is 12.8 Å². The van der Waals surface area contributed by atoms with E-state index in [0.717, 1.165) is 19.3 Å². The number of hydrogen-bond acceptors (Lipinski definition) is 5. The summed E-state index contributed by atoms with van der Waals surface area (Å²) in [6, 6.07) is 5.51. The molecule has 0 amide bonds. The van der Waals surface area contributed by atoms with Crippen molar-refractivity contribution in [1.29, 1.82) is 0 Å². The summed E-state index contributed by atoms with van der Waals surface area (Å²) >= 11 is 6.25. The van der Waals surface area contributed by atoms with Crippen molar-refractivity contribution in [2.24, 2.45) is 0 Å². The van der Waals surface area contributed by atoms with Gasteiger partial charge in [0.1, 0.15) is 0 Å². The lowest BCUT2D eigenvalue weighted by Gasteiger charge is -2.19. The largest absolute Gasteiger partial charge is 0.398 e. The molecule has 2 unspecified atom stereocenters. The van der Waals surface area contributed by atoms with E-state index in [-0.39, 0.29) is 12.1 Å². The minimum absolute atomic E-state index is 0.126. The SMILES string of the molecule is COC1CCCC1n1nnnc1-c1c(N)cccc1Cl. The molecule has 3 rings (SSSR count). The number of ether oxygens (including phenoxy) is 1. The topological polar surface area (TPSA) is 78.8 Å². The smallest absolute Gasteiger partial charge is 0.185 e. The van der Waals surface area contributed by atoms with Crippen LogP contribution in [-0.4, -0.2) is 33.4 Å². The van der Waals surface area contributed by atoms with Gasteiger partial charge in [0.15, 0.2) is 5.82 Å². The molecule has 0 bridgehead atoms. The van der Waals surface area contributed by atoms with Crippen LogP contribution in [0, 0.1) is 0 Å². The van der Waals surface area contributed by atoms with Crippen LogP contribution in [0.4, 0.5) is 5.69 Å². The molecule has 20 heavy (non-hydrogen) atoms. The molecule has 1 aromatic carbocycles. The molecule has 0 saturated heterocycles. The van der Waals surface area contributed by atoms with Crippen LogP contribution in [0.25, 0.3) is 11.4 Å². The summed E-state index contributed by atoms with van der Waals surface area (Å²) < 4.78 is 7.31. The standard InChI is InChI=1S/C13H16ClN5O/c1-20-11-7-3-6-10(11)19-13(16-17-18-19)12-8(14)4-2-5-9(12)15/h2,4-5,10-11H,3,6-7,15H2,1H3. The lowest BCUT2D eigenvalue weighted by atomic mass is 10.1. The highest BCUT2D eigenvalue weighted by Gasteiger charge is 2.32. The molecule has 1 fully saturated rings. The first-order valence-electron chi connectivity index (χ1n) is 6.57. The van der Waals surface area contributed by atoms with E-state index in [1.165, 1.54) is 0 Å². The minimum Gasteiger partial charge on any atom is -0.398 e. The van der Waals surface area contributed by atoms with Gasteiger partial charge < -0.3 is 10.5 Å². The van der Waals surface area contributed by atoms with Crippen LogP contribution in [0.15, 0.2) is 18.2 Å². The third-order valence-corrected chi connectivity index (χ3v) is 4.11. The molecular weight excluding hydrogens is 278 g/mol. The van der Waals surface area contributed by atoms with E-state index in [1.54, 1.807) is 23.9 Å². The van der Waals surface area contributed by atoms with Crippen LogP contribution in [-0.2, 0) is 4.74 Å². The van der Waals surface area contributed by atoms with Crippen molar-refractivity contribution < 1.29 is 4.74 Å². The highest BCUT2D eigenvalue weighted by atomic mass is 35.5. The lowest BCUT2D eigenvalue weighted by Crippen LogP contribution is -2.22. The summed E-state index contributed by atoms with van der Waals surface area (Å²) in [5.74, 6) is 0.599. The van der Waals surface area contributed by atoms with Gasteiger partial charge in [-0.1, -0.05) is 17.7 Å². The van der Waals surface area contributed by atoms with E-state index in [9.17, 15) is 0 Å². The Hall–Kier alpha value is -1.66. The van der Waals surface area contributed by atoms with Crippen molar-refractivity contribution in [3.05, 3.63) is 23.2 Å². The minimum atomic E-state index is 0.126. The first kappa shape index (κ1) is 13.3. The van der Waals surface area contributed by atoms with E-state index in [2.05, 4.69) is 15.5 Å². The molecule has 1 saturated carbocycles. The van der Waals surface area contributed by atoms with Gasteiger partial charge in [0.25, 0.3) is 0 Å². The van der Waals surface area contributed by atoms with Gasteiger partial charge in [0.2, 0.25) is 0 Å². The number of methoxy groups -OCH3 is 1. The van der Waals surface area contributed by atoms with Gasteiger partial charge in [-0.3, -0.25) is 0 Å². The molecule has 0 radical (unpaired) electrons. The Morgan fingerprint density at radius 2 is 2.25 bits per heavy atom. The Kier molecular flexibility index (Phi) is 3.58. The first-order chi connectivity index (χ1) is 9.72. The summed E-state index contributed by atoms with van der Waals surface area (Å²) in [6.07, 6.45) is 3.22. The number of nitrogens with zero attached hydrogens (tertiary/aromatic N) is 4. The molecule has 0 spiro atoms. The molecule has 1 aliphatic rings. The van der Waals surface area contributed by atoms with Crippen LogP contribution in [0.2, 0.25) is 5.02 Å². The van der Waals surface area contributed by atoms with Crippen LogP contribution < -0.4 is 5.73 Å². The monoisotopic (exact) mass is 293 g/mol. The van der Waals surface area contributed by atoms with Gasteiger partial charge in [-0.15, -0.1) is 5.10 Å². The zero-order valence-electron chi connectivity index (χ0n) is 11.2. The van der Waals surface area contributed by atoms with Crippen LogP contribution >= 0.6 is 11.6 Å². The molecule has 1 heterocycles. The van der Waals surface area contributed by atoms with Crippen molar-refractivity contribution in [2.45, 2.75) is 31.4 Å². The van der Waals surface area contributed by atoms with Crippen LogP contribution in [0.3, 0.4) is 0 Å². The molecule has 2 aromatic rings. The molecule has 2 atom stereocenters. The number of anilines is 1. The molecule has 106 valence electrons. The van der Waals surface area contributed by atoms with Gasteiger partial charge in [-0.2, -0.15) is 0 Å². The van der Waals surface area contributed by atoms with Gasteiger partial charge in [0, 0.05) is 12.8 Å². The number of hydrogen-bond donors (Lipinski definition) is 1. The number of rotatable bonds is 3. The zero-order chi connectivity index (χ0) is 14.1. The van der Waals surface area contributed by atoms with Crippen molar-refractivity contribution in [3.63, 3.8) is 0 Å². The zero-order valence-corrected chi connectivity index (χ0v) is 11.9. The fraction of sp³-hybridized carbons (Fsp3) is 0.462. The average molecular weight is 294 g/mol. The summed E-state index contributed by atoms with van der Waals surface area (Å²) in [5, 5.41) is 12.6. The van der Waals surface area contributed by atoms with E-state index >= 15 is 0 Å². The van der Waals surface area contributed by atoms with E-state index in [4.69, 9.17) is 22.1 Å². The molecule has 1 aliphatic carbocycles. The molecule has 0 aliphatic heterocycles. The Balaban J connectivity index is 2.07. The number of aromatic nitrogens is 4. The first-order valence-corrected chi connectivity index (χ1v) is 6.95. The Labute approximate surface area is 121 Å². The number of benzene rings is 1. The van der Waals surface area contributed by atoms with Gasteiger partial charge in [0.05, 0.1) is 22.7 Å². The summed E-state index contributed by atoms with van der Waals surface area (Å²) in [4.78, 5) is 0. The molecular formula is C13H16ClN5O. The number of tetrazole rings is 1. The van der Waals surface area contributed by atoms with Crippen molar-refractivity contribution in [1.82, 2.24) is 20.2 Å². The molecule has 6 nitrogen and oxygen atoms in total. The third kappa shape index (κ3) is 2.14. The summed E-state index contributed by atoms with van der Waals surface area (Å²) in [6.45, 7) is 0. The predicted octanol–water partition coefficient (Wildman–Crippen LogP) is 2.32. The third-order valence-electron chi connectivity index (χ3n) is 3.80. The number of halogens is 1. The maximum absolute atomic E-state index is 6.25. The number of nitrogens with two attached hydrogens (primary N) is 1. The van der Waals surface area contributed by atoms with Gasteiger partial charge in [-0.05, 0) is 41.8 Å². The number of nitrogen functional groups attached to an aromatic ring is 1. The normalized spacial score (nSPS) is 22.3. The fourth-order valence-corrected chi connectivity index (χ4v) is 3.09. The average Bonchev–Trinajstić information content (AvgIpc) is 3.06. The quantitative estimate of drug-likeness (QED) is 0.879. The summed E-state index contributed by atoms with van der Waals surface area (Å²) in [5.41, 5.74) is 7.27. The predicted molar refractivity (Wildman–Crippen MR) is 76.4 cm³/mol. The molecule has 2 N–H and O–H groups in total. The fourth-order valence-electron chi connectivity index (χ4n) is 2.82. The Morgan fingerprint density at radius 3 is 3.00 bits per heavy atom. The van der Waals surface area contributed by atoms with Crippen LogP contribution in [0.1, 0.15) is 25.3 Å².